The van der Waals surface area contributed by atoms with Crippen LogP contribution in [0.5, 0.6) is 0 Å². The van der Waals surface area contributed by atoms with Crippen molar-refractivity contribution < 1.29 is 45.0 Å². The molecule has 0 unspecified atom stereocenters. The molecule has 2 aromatic carbocycles. The highest BCUT2D eigenvalue weighted by Crippen LogP contribution is 2.33. The van der Waals surface area contributed by atoms with Crippen LogP contribution in [-0.2, 0) is 15.7 Å². The summed E-state index contributed by atoms with van der Waals surface area (Å²) in [7, 11) is 0. The van der Waals surface area contributed by atoms with E-state index in [0.29, 0.717) is 0 Å². The number of nitrogens with one attached hydrogen (secondary N) is 1. The first-order valence-corrected chi connectivity index (χ1v) is 10.2. The molecule has 0 spiro atoms. The van der Waals surface area contributed by atoms with Crippen LogP contribution in [0.15, 0.2) is 42.5 Å². The van der Waals surface area contributed by atoms with E-state index in [0.717, 1.165) is 24.3 Å². The van der Waals surface area contributed by atoms with E-state index >= 15 is 0 Å². The Labute approximate surface area is 194 Å². The van der Waals surface area contributed by atoms with Crippen LogP contribution in [0.1, 0.15) is 17.2 Å². The van der Waals surface area contributed by atoms with Gasteiger partial charge in [-0.15, -0.1) is 0 Å². The standard InChI is InChI=1S/C21H18ClF7N2O3/c22-15-5-4-14(9-16(15)23)30-19(32)34-18(21(27,28)29)11-31-6-7-33-17(10-31)12-2-1-3-13(8-12)20(24,25)26/h1-5,8-9,17-18H,6-7,10-11H2,(H,30,32)/t17-,18+/m1/s1. The van der Waals surface area contributed by atoms with Gasteiger partial charge in [-0.3, -0.25) is 10.2 Å². The number of hydrogen-bond donors (Lipinski definition) is 1. The second-order valence-electron chi connectivity index (χ2n) is 7.43. The molecule has 1 N–H and O–H groups in total. The van der Waals surface area contributed by atoms with E-state index in [4.69, 9.17) is 16.3 Å². The largest absolute Gasteiger partial charge is 0.435 e. The van der Waals surface area contributed by atoms with Gasteiger partial charge in [0.25, 0.3) is 0 Å². The van der Waals surface area contributed by atoms with Crippen LogP contribution in [0.3, 0.4) is 0 Å². The first kappa shape index (κ1) is 26.0. The maximum Gasteiger partial charge on any atom is 0.426 e. The Bertz CT molecular complexity index is 1020. The van der Waals surface area contributed by atoms with E-state index in [1.54, 1.807) is 0 Å². The Morgan fingerprint density at radius 2 is 1.91 bits per heavy atom. The molecule has 0 saturated carbocycles. The van der Waals surface area contributed by atoms with Crippen molar-refractivity contribution in [2.75, 3.05) is 31.6 Å². The molecular formula is C21H18ClF7N2O3. The van der Waals surface area contributed by atoms with Gasteiger partial charge in [0, 0.05) is 25.3 Å². The smallest absolute Gasteiger partial charge is 0.426 e. The molecule has 34 heavy (non-hydrogen) atoms. The average Bonchev–Trinajstić information content (AvgIpc) is 2.75. The summed E-state index contributed by atoms with van der Waals surface area (Å²) in [5, 5.41) is 1.75. The van der Waals surface area contributed by atoms with Gasteiger partial charge in [0.2, 0.25) is 6.10 Å². The van der Waals surface area contributed by atoms with Gasteiger partial charge in [-0.05, 0) is 35.9 Å². The number of alkyl halides is 6. The number of anilines is 1. The maximum absolute atomic E-state index is 13.5. The van der Waals surface area contributed by atoms with Crippen LogP contribution in [0.2, 0.25) is 5.02 Å². The topological polar surface area (TPSA) is 50.8 Å². The number of carbonyl (C=O) groups is 1. The molecule has 1 aliphatic heterocycles. The fourth-order valence-corrected chi connectivity index (χ4v) is 3.40. The lowest BCUT2D eigenvalue weighted by Crippen LogP contribution is -2.48. The molecule has 1 aliphatic rings. The molecular weight excluding hydrogens is 497 g/mol. The monoisotopic (exact) mass is 514 g/mol. The van der Waals surface area contributed by atoms with Crippen LogP contribution in [0, 0.1) is 5.82 Å². The van der Waals surface area contributed by atoms with E-state index in [1.807, 2.05) is 5.32 Å². The minimum atomic E-state index is -4.94. The van der Waals surface area contributed by atoms with E-state index in [2.05, 4.69) is 4.74 Å². The molecule has 1 saturated heterocycles. The van der Waals surface area contributed by atoms with E-state index in [-0.39, 0.29) is 36.0 Å². The van der Waals surface area contributed by atoms with Gasteiger partial charge in [0.1, 0.15) is 5.82 Å². The quantitative estimate of drug-likeness (QED) is 0.494. The molecule has 186 valence electrons. The molecule has 5 nitrogen and oxygen atoms in total. The van der Waals surface area contributed by atoms with Gasteiger partial charge in [0.15, 0.2) is 0 Å². The Hall–Kier alpha value is -2.57. The Morgan fingerprint density at radius 3 is 2.56 bits per heavy atom. The Kier molecular flexibility index (Phi) is 7.94. The fraction of sp³-hybridized carbons (Fsp3) is 0.381. The van der Waals surface area contributed by atoms with Crippen molar-refractivity contribution in [3.63, 3.8) is 0 Å². The number of morpholine rings is 1. The number of benzene rings is 2. The van der Waals surface area contributed by atoms with Crippen molar-refractivity contribution in [1.82, 2.24) is 4.90 Å². The third-order valence-electron chi connectivity index (χ3n) is 4.94. The highest BCUT2D eigenvalue weighted by molar-refractivity contribution is 6.30. The molecule has 2 atom stereocenters. The lowest BCUT2D eigenvalue weighted by molar-refractivity contribution is -0.209. The molecule has 13 heteroatoms. The van der Waals surface area contributed by atoms with E-state index in [1.165, 1.54) is 23.1 Å². The van der Waals surface area contributed by atoms with Crippen molar-refractivity contribution in [3.8, 4) is 0 Å². The third kappa shape index (κ3) is 6.97. The summed E-state index contributed by atoms with van der Waals surface area (Å²) in [5.74, 6) is -0.888. The zero-order valence-electron chi connectivity index (χ0n) is 17.2. The summed E-state index contributed by atoms with van der Waals surface area (Å²) >= 11 is 5.52. The van der Waals surface area contributed by atoms with E-state index in [9.17, 15) is 35.5 Å². The summed E-state index contributed by atoms with van der Waals surface area (Å²) in [4.78, 5) is 13.3. The number of ether oxygens (including phenoxy) is 2. The van der Waals surface area contributed by atoms with Crippen molar-refractivity contribution >= 4 is 23.4 Å². The van der Waals surface area contributed by atoms with Gasteiger partial charge >= 0.3 is 18.4 Å². The summed E-state index contributed by atoms with van der Waals surface area (Å²) in [6.45, 7) is -0.927. The van der Waals surface area contributed by atoms with Crippen LogP contribution in [-0.4, -0.2) is 49.5 Å². The van der Waals surface area contributed by atoms with Crippen molar-refractivity contribution in [1.29, 1.82) is 0 Å². The lowest BCUT2D eigenvalue weighted by atomic mass is 10.0. The maximum atomic E-state index is 13.5. The van der Waals surface area contributed by atoms with Crippen molar-refractivity contribution in [2.24, 2.45) is 0 Å². The van der Waals surface area contributed by atoms with E-state index < -0.39 is 48.6 Å². The van der Waals surface area contributed by atoms with Crippen LogP contribution in [0.25, 0.3) is 0 Å². The highest BCUT2D eigenvalue weighted by Gasteiger charge is 2.44. The fourth-order valence-electron chi connectivity index (χ4n) is 3.28. The molecule has 0 aliphatic carbocycles. The summed E-state index contributed by atoms with van der Waals surface area (Å²) in [6, 6.07) is 7.43. The molecule has 1 amide bonds. The first-order valence-electron chi connectivity index (χ1n) is 9.83. The summed E-state index contributed by atoms with van der Waals surface area (Å²) < 4.78 is 103. The van der Waals surface area contributed by atoms with Crippen LogP contribution >= 0.6 is 11.6 Å². The van der Waals surface area contributed by atoms with Crippen molar-refractivity contribution in [3.05, 3.63) is 64.4 Å². The lowest BCUT2D eigenvalue weighted by Gasteiger charge is -2.35. The number of carbonyl (C=O) groups excluding carboxylic acids is 1. The normalized spacial score (nSPS) is 18.4. The zero-order chi connectivity index (χ0) is 25.1. The number of amides is 1. The predicted octanol–water partition coefficient (Wildman–Crippen LogP) is 6.05. The minimum absolute atomic E-state index is 0.0371. The third-order valence-corrected chi connectivity index (χ3v) is 5.25. The second-order valence-corrected chi connectivity index (χ2v) is 7.84. The number of rotatable bonds is 5. The zero-order valence-corrected chi connectivity index (χ0v) is 18.0. The number of halogens is 8. The molecule has 0 bridgehead atoms. The molecule has 3 rings (SSSR count). The van der Waals surface area contributed by atoms with Gasteiger partial charge in [-0.25, -0.2) is 9.18 Å². The number of nitrogens with zero attached hydrogens (tertiary/aromatic N) is 1. The molecule has 1 fully saturated rings. The predicted molar refractivity (Wildman–Crippen MR) is 108 cm³/mol. The second kappa shape index (κ2) is 10.4. The minimum Gasteiger partial charge on any atom is -0.435 e. The Morgan fingerprint density at radius 1 is 1.18 bits per heavy atom. The van der Waals surface area contributed by atoms with Gasteiger partial charge in [-0.2, -0.15) is 26.3 Å². The molecule has 0 aromatic heterocycles. The summed E-state index contributed by atoms with van der Waals surface area (Å²) in [6.07, 6.45) is -14.4. The summed E-state index contributed by atoms with van der Waals surface area (Å²) in [5.41, 5.74) is -0.909. The van der Waals surface area contributed by atoms with Crippen LogP contribution in [0.4, 0.5) is 41.2 Å². The molecule has 0 radical (unpaired) electrons. The van der Waals surface area contributed by atoms with Gasteiger partial charge in [-0.1, -0.05) is 23.7 Å². The van der Waals surface area contributed by atoms with Crippen LogP contribution < -0.4 is 5.32 Å². The van der Waals surface area contributed by atoms with Crippen molar-refractivity contribution in [2.45, 2.75) is 24.6 Å². The SMILES string of the molecule is O=C(Nc1ccc(Cl)c(F)c1)O[C@@H](CN1CCO[C@@H](c2cccc(C(F)(F)F)c2)C1)C(F)(F)F. The van der Waals surface area contributed by atoms with Gasteiger partial charge < -0.3 is 9.47 Å². The van der Waals surface area contributed by atoms with Gasteiger partial charge in [0.05, 0.1) is 23.3 Å². The molecule has 1 heterocycles. The average molecular weight is 515 g/mol. The first-order chi connectivity index (χ1) is 15.8. The highest BCUT2D eigenvalue weighted by atomic mass is 35.5. The molecule has 2 aromatic rings. The Balaban J connectivity index is 1.66. The number of hydrogen-bond acceptors (Lipinski definition) is 4.